The Bertz CT molecular complexity index is 1110. The van der Waals surface area contributed by atoms with Crippen LogP contribution >= 0.6 is 11.3 Å². The number of carbonyl (C=O) groups is 4. The summed E-state index contributed by atoms with van der Waals surface area (Å²) < 4.78 is 5.37. The molecular weight excluding hydrogens is 488 g/mol. The van der Waals surface area contributed by atoms with E-state index in [0.29, 0.717) is 29.2 Å². The molecule has 6 N–H and O–H groups in total. The molecule has 0 aliphatic carbocycles. The number of nitrogens with zero attached hydrogens (tertiary/aromatic N) is 1. The number of thiophene rings is 1. The lowest BCUT2D eigenvalue weighted by Crippen LogP contribution is -2.51. The third-order valence-corrected chi connectivity index (χ3v) is 6.22. The van der Waals surface area contributed by atoms with Crippen LogP contribution in [-0.2, 0) is 20.9 Å². The molecule has 0 spiro atoms. The van der Waals surface area contributed by atoms with Crippen LogP contribution in [0, 0.1) is 11.3 Å². The lowest BCUT2D eigenvalue weighted by molar-refractivity contribution is -0.147. The molecule has 2 atom stereocenters. The maximum atomic E-state index is 12.9. The van der Waals surface area contributed by atoms with Gasteiger partial charge < -0.3 is 26.0 Å². The quantitative estimate of drug-likeness (QED) is 0.115. The van der Waals surface area contributed by atoms with Crippen LogP contribution in [-0.4, -0.2) is 63.9 Å². The van der Waals surface area contributed by atoms with Gasteiger partial charge in [-0.1, -0.05) is 13.8 Å². The number of aliphatic carboxylic acids is 2. The molecule has 0 bridgehead atoms. The van der Waals surface area contributed by atoms with Gasteiger partial charge in [0.1, 0.15) is 22.5 Å². The standard InChI is InChI=1S/C24H30N4O7S/c1-13(2)10-18(22(31)27-17(23(32)33)11-20(29)30)28(3)12-16-8-9-19(36-16)24(34)35-15-6-4-14(5-7-15)21(25)26/h4-9,13,17-18H,10-12H2,1-3H3,(H3,25,26)(H,27,31)(H,29,30)(H,32,33)/t17-,18?/m0/s1. The maximum absolute atomic E-state index is 12.9. The van der Waals surface area contributed by atoms with Gasteiger partial charge in [0.2, 0.25) is 5.91 Å². The second-order valence-electron chi connectivity index (χ2n) is 8.65. The smallest absolute Gasteiger partial charge is 0.353 e. The van der Waals surface area contributed by atoms with Crippen molar-refractivity contribution in [1.82, 2.24) is 10.2 Å². The fourth-order valence-corrected chi connectivity index (χ4v) is 4.31. The summed E-state index contributed by atoms with van der Waals surface area (Å²) in [6, 6.07) is 7.34. The zero-order valence-electron chi connectivity index (χ0n) is 20.2. The summed E-state index contributed by atoms with van der Waals surface area (Å²) in [4.78, 5) is 50.6. The highest BCUT2D eigenvalue weighted by Gasteiger charge is 2.30. The van der Waals surface area contributed by atoms with Gasteiger partial charge >= 0.3 is 17.9 Å². The summed E-state index contributed by atoms with van der Waals surface area (Å²) in [6.07, 6.45) is -0.314. The number of rotatable bonds is 13. The number of nitrogens with one attached hydrogen (secondary N) is 2. The molecule has 2 aromatic rings. The fourth-order valence-electron chi connectivity index (χ4n) is 3.36. The van der Waals surface area contributed by atoms with E-state index in [2.05, 4.69) is 5.32 Å². The van der Waals surface area contributed by atoms with Crippen LogP contribution in [0.15, 0.2) is 36.4 Å². The minimum atomic E-state index is -1.54. The zero-order valence-corrected chi connectivity index (χ0v) is 21.0. The lowest BCUT2D eigenvalue weighted by atomic mass is 10.0. The van der Waals surface area contributed by atoms with E-state index in [4.69, 9.17) is 21.0 Å². The van der Waals surface area contributed by atoms with Crippen LogP contribution in [0.5, 0.6) is 5.75 Å². The van der Waals surface area contributed by atoms with Crippen molar-refractivity contribution < 1.29 is 34.1 Å². The Balaban J connectivity index is 2.08. The maximum Gasteiger partial charge on any atom is 0.353 e. The molecule has 2 rings (SSSR count). The number of amides is 1. The first-order chi connectivity index (χ1) is 16.9. The molecule has 0 fully saturated rings. The number of carboxylic acids is 2. The van der Waals surface area contributed by atoms with E-state index in [-0.39, 0.29) is 11.8 Å². The minimum absolute atomic E-state index is 0.0929. The summed E-state index contributed by atoms with van der Waals surface area (Å²) in [5.41, 5.74) is 5.93. The molecule has 0 aliphatic heterocycles. The van der Waals surface area contributed by atoms with Gasteiger partial charge in [0.05, 0.1) is 12.5 Å². The van der Waals surface area contributed by atoms with E-state index in [0.717, 1.165) is 4.88 Å². The van der Waals surface area contributed by atoms with Crippen molar-refractivity contribution >= 4 is 41.0 Å². The van der Waals surface area contributed by atoms with E-state index < -0.39 is 42.3 Å². The first-order valence-corrected chi connectivity index (χ1v) is 11.9. The number of benzene rings is 1. The molecule has 0 radical (unpaired) electrons. The normalized spacial score (nSPS) is 12.7. The number of nitrogens with two attached hydrogens (primary N) is 1. The molecule has 36 heavy (non-hydrogen) atoms. The third-order valence-electron chi connectivity index (χ3n) is 5.17. The van der Waals surface area contributed by atoms with Crippen molar-refractivity contribution in [3.63, 3.8) is 0 Å². The lowest BCUT2D eigenvalue weighted by Gasteiger charge is -2.29. The highest BCUT2D eigenvalue weighted by atomic mass is 32.1. The molecule has 1 aromatic heterocycles. The molecule has 0 saturated heterocycles. The minimum Gasteiger partial charge on any atom is -0.481 e. The Kier molecular flexibility index (Phi) is 10.1. The molecule has 194 valence electrons. The number of esters is 1. The van der Waals surface area contributed by atoms with E-state index in [1.165, 1.54) is 11.3 Å². The van der Waals surface area contributed by atoms with Gasteiger partial charge in [-0.15, -0.1) is 11.3 Å². The number of amidine groups is 1. The van der Waals surface area contributed by atoms with Crippen molar-refractivity contribution in [1.29, 1.82) is 5.41 Å². The molecule has 12 heteroatoms. The predicted octanol–water partition coefficient (Wildman–Crippen LogP) is 2.14. The number of nitrogen functional groups attached to an aromatic ring is 1. The number of carbonyl (C=O) groups excluding carboxylic acids is 2. The SMILES string of the molecule is CC(C)CC(C(=O)N[C@@H](CC(=O)O)C(=O)O)N(C)Cc1ccc(C(=O)Oc2ccc(C(=N)N)cc2)s1. The summed E-state index contributed by atoms with van der Waals surface area (Å²) >= 11 is 1.20. The van der Waals surface area contributed by atoms with Crippen LogP contribution in [0.25, 0.3) is 0 Å². The van der Waals surface area contributed by atoms with Gasteiger partial charge in [-0.25, -0.2) is 9.59 Å². The summed E-state index contributed by atoms with van der Waals surface area (Å²) in [7, 11) is 1.70. The van der Waals surface area contributed by atoms with E-state index in [1.807, 2.05) is 13.8 Å². The van der Waals surface area contributed by atoms with Gasteiger partial charge in [-0.05, 0) is 55.8 Å². The second-order valence-corrected chi connectivity index (χ2v) is 9.82. The summed E-state index contributed by atoms with van der Waals surface area (Å²) in [5, 5.41) is 27.9. The van der Waals surface area contributed by atoms with Crippen molar-refractivity contribution in [3.8, 4) is 5.75 Å². The van der Waals surface area contributed by atoms with E-state index in [1.54, 1.807) is 48.3 Å². The van der Waals surface area contributed by atoms with Crippen molar-refractivity contribution in [3.05, 3.63) is 51.7 Å². The monoisotopic (exact) mass is 518 g/mol. The third kappa shape index (κ3) is 8.47. The van der Waals surface area contributed by atoms with Gasteiger partial charge in [-0.3, -0.25) is 19.9 Å². The number of likely N-dealkylation sites (N-methyl/N-ethyl adjacent to an activating group) is 1. The number of hydrogen-bond acceptors (Lipinski definition) is 8. The molecular formula is C24H30N4O7S. The van der Waals surface area contributed by atoms with E-state index >= 15 is 0 Å². The van der Waals surface area contributed by atoms with Gasteiger partial charge in [-0.2, -0.15) is 0 Å². The first-order valence-electron chi connectivity index (χ1n) is 11.1. The van der Waals surface area contributed by atoms with Crippen LogP contribution in [0.1, 0.15) is 46.8 Å². The average Bonchev–Trinajstić information content (AvgIpc) is 3.25. The van der Waals surface area contributed by atoms with E-state index in [9.17, 15) is 24.3 Å². The van der Waals surface area contributed by atoms with Crippen LogP contribution in [0.2, 0.25) is 0 Å². The second kappa shape index (κ2) is 12.8. The van der Waals surface area contributed by atoms with Gasteiger partial charge in [0.25, 0.3) is 0 Å². The number of hydrogen-bond donors (Lipinski definition) is 5. The van der Waals surface area contributed by atoms with Crippen molar-refractivity contribution in [2.45, 2.75) is 45.3 Å². The molecule has 1 aromatic carbocycles. The fraction of sp³-hybridized carbons (Fsp3) is 0.375. The van der Waals surface area contributed by atoms with Gasteiger partial charge in [0, 0.05) is 17.0 Å². The Morgan fingerprint density at radius 2 is 1.75 bits per heavy atom. The highest BCUT2D eigenvalue weighted by Crippen LogP contribution is 2.23. The topological polar surface area (TPSA) is 183 Å². The number of carboxylic acid groups (broad SMARTS) is 2. The summed E-state index contributed by atoms with van der Waals surface area (Å²) in [6.45, 7) is 4.14. The zero-order chi connectivity index (χ0) is 27.0. The molecule has 1 unspecified atom stereocenters. The number of ether oxygens (including phenoxy) is 1. The highest BCUT2D eigenvalue weighted by molar-refractivity contribution is 7.13. The molecule has 11 nitrogen and oxygen atoms in total. The molecule has 0 saturated carbocycles. The van der Waals surface area contributed by atoms with Gasteiger partial charge in [0.15, 0.2) is 0 Å². The Labute approximate surface area is 212 Å². The Morgan fingerprint density at radius 3 is 2.28 bits per heavy atom. The average molecular weight is 519 g/mol. The largest absolute Gasteiger partial charge is 0.481 e. The van der Waals surface area contributed by atoms with Crippen molar-refractivity contribution in [2.24, 2.45) is 11.7 Å². The van der Waals surface area contributed by atoms with Crippen LogP contribution < -0.4 is 15.8 Å². The summed E-state index contributed by atoms with van der Waals surface area (Å²) in [5.74, 6) is -3.57. The first kappa shape index (κ1) is 28.5. The van der Waals surface area contributed by atoms with Crippen molar-refractivity contribution in [2.75, 3.05) is 7.05 Å². The Morgan fingerprint density at radius 1 is 1.11 bits per heavy atom. The molecule has 0 aliphatic rings. The van der Waals surface area contributed by atoms with Crippen LogP contribution in [0.4, 0.5) is 0 Å². The molecule has 1 heterocycles. The van der Waals surface area contributed by atoms with Crippen LogP contribution in [0.3, 0.4) is 0 Å². The predicted molar refractivity (Wildman–Crippen MR) is 133 cm³/mol. The Hall–Kier alpha value is -3.77. The molecule has 1 amide bonds.